The molecular weight excluding hydrogens is 222 g/mol. The average molecular weight is 235 g/mol. The van der Waals surface area contributed by atoms with Crippen LogP contribution in [-0.4, -0.2) is 43.0 Å². The standard InChI is InChI=1S/C11H13N3O3/c15-7-10(16)11(17)9-6-12-14(13-9)8-4-2-1-3-5-8/h1-6,10-11,15-17H,7H2/t10-,11-/m0/s1. The van der Waals surface area contributed by atoms with Crippen molar-refractivity contribution in [3.63, 3.8) is 0 Å². The van der Waals surface area contributed by atoms with Crippen molar-refractivity contribution >= 4 is 0 Å². The van der Waals surface area contributed by atoms with Crippen LogP contribution in [0, 0.1) is 0 Å². The minimum absolute atomic E-state index is 0.218. The van der Waals surface area contributed by atoms with E-state index in [0.717, 1.165) is 5.69 Å². The van der Waals surface area contributed by atoms with Gasteiger partial charge in [0.15, 0.2) is 0 Å². The van der Waals surface area contributed by atoms with Crippen molar-refractivity contribution in [2.45, 2.75) is 12.2 Å². The number of rotatable bonds is 4. The van der Waals surface area contributed by atoms with Gasteiger partial charge in [0.25, 0.3) is 0 Å². The Balaban J connectivity index is 2.22. The third-order valence-corrected chi connectivity index (χ3v) is 2.35. The second kappa shape index (κ2) is 5.05. The van der Waals surface area contributed by atoms with Gasteiger partial charge in [-0.1, -0.05) is 18.2 Å². The van der Waals surface area contributed by atoms with Crippen molar-refractivity contribution in [2.75, 3.05) is 6.61 Å². The lowest BCUT2D eigenvalue weighted by molar-refractivity contribution is -0.0174. The molecule has 0 bridgehead atoms. The maximum atomic E-state index is 9.62. The molecule has 2 atom stereocenters. The fourth-order valence-corrected chi connectivity index (χ4v) is 1.39. The highest BCUT2D eigenvalue weighted by Crippen LogP contribution is 2.14. The molecule has 1 aromatic heterocycles. The topological polar surface area (TPSA) is 91.4 Å². The Hall–Kier alpha value is -1.76. The first-order valence-corrected chi connectivity index (χ1v) is 5.17. The molecule has 1 heterocycles. The fraction of sp³-hybridized carbons (Fsp3) is 0.273. The Bertz CT molecular complexity index is 472. The first-order chi connectivity index (χ1) is 8.22. The van der Waals surface area contributed by atoms with E-state index in [0.29, 0.717) is 0 Å². The van der Waals surface area contributed by atoms with E-state index >= 15 is 0 Å². The SMILES string of the molecule is OC[C@H](O)[C@@H](O)c1cnn(-c2ccccc2)n1. The molecular formula is C11H13N3O3. The quantitative estimate of drug-likeness (QED) is 0.674. The molecule has 6 heteroatoms. The van der Waals surface area contributed by atoms with E-state index < -0.39 is 18.8 Å². The van der Waals surface area contributed by atoms with Gasteiger partial charge in [-0.25, -0.2) is 0 Å². The van der Waals surface area contributed by atoms with Crippen LogP contribution in [0.1, 0.15) is 11.8 Å². The molecule has 0 fully saturated rings. The second-order valence-corrected chi connectivity index (χ2v) is 3.59. The molecule has 2 rings (SSSR count). The Morgan fingerprint density at radius 3 is 2.53 bits per heavy atom. The van der Waals surface area contributed by atoms with Gasteiger partial charge in [0.1, 0.15) is 17.9 Å². The number of para-hydroxylation sites is 1. The summed E-state index contributed by atoms with van der Waals surface area (Å²) in [6, 6.07) is 9.20. The van der Waals surface area contributed by atoms with Gasteiger partial charge in [0, 0.05) is 0 Å². The van der Waals surface area contributed by atoms with Crippen molar-refractivity contribution in [2.24, 2.45) is 0 Å². The summed E-state index contributed by atoms with van der Waals surface area (Å²) >= 11 is 0. The zero-order valence-corrected chi connectivity index (χ0v) is 9.01. The molecule has 0 saturated carbocycles. The minimum atomic E-state index is -1.25. The zero-order chi connectivity index (χ0) is 12.3. The van der Waals surface area contributed by atoms with Gasteiger partial charge in [-0.15, -0.1) is 0 Å². The van der Waals surface area contributed by atoms with Crippen molar-refractivity contribution in [3.05, 3.63) is 42.2 Å². The number of nitrogens with zero attached hydrogens (tertiary/aromatic N) is 3. The fourth-order valence-electron chi connectivity index (χ4n) is 1.39. The second-order valence-electron chi connectivity index (χ2n) is 3.59. The average Bonchev–Trinajstić information content (AvgIpc) is 2.87. The van der Waals surface area contributed by atoms with E-state index in [-0.39, 0.29) is 5.69 Å². The predicted octanol–water partition coefficient (Wildman–Crippen LogP) is -0.346. The molecule has 0 amide bonds. The van der Waals surface area contributed by atoms with Gasteiger partial charge >= 0.3 is 0 Å². The highest BCUT2D eigenvalue weighted by molar-refractivity contribution is 5.28. The molecule has 2 aromatic rings. The summed E-state index contributed by atoms with van der Waals surface area (Å²) in [6.45, 7) is -0.528. The molecule has 0 aliphatic carbocycles. The molecule has 0 radical (unpaired) electrons. The summed E-state index contributed by atoms with van der Waals surface area (Å²) < 4.78 is 0. The first kappa shape index (κ1) is 11.7. The summed E-state index contributed by atoms with van der Waals surface area (Å²) in [4.78, 5) is 1.35. The Labute approximate surface area is 97.8 Å². The Morgan fingerprint density at radius 1 is 1.18 bits per heavy atom. The van der Waals surface area contributed by atoms with Crippen LogP contribution in [0.15, 0.2) is 36.5 Å². The van der Waals surface area contributed by atoms with Crippen LogP contribution in [0.2, 0.25) is 0 Å². The summed E-state index contributed by atoms with van der Waals surface area (Å²) in [5.41, 5.74) is 0.972. The molecule has 17 heavy (non-hydrogen) atoms. The van der Waals surface area contributed by atoms with Crippen LogP contribution < -0.4 is 0 Å². The lowest BCUT2D eigenvalue weighted by Crippen LogP contribution is -2.22. The van der Waals surface area contributed by atoms with Crippen LogP contribution in [0.4, 0.5) is 0 Å². The lowest BCUT2D eigenvalue weighted by atomic mass is 10.2. The highest BCUT2D eigenvalue weighted by atomic mass is 16.4. The third-order valence-electron chi connectivity index (χ3n) is 2.35. The summed E-state index contributed by atoms with van der Waals surface area (Å²) in [7, 11) is 0. The van der Waals surface area contributed by atoms with Crippen molar-refractivity contribution in [1.82, 2.24) is 15.0 Å². The van der Waals surface area contributed by atoms with E-state index in [1.54, 1.807) is 0 Å². The van der Waals surface area contributed by atoms with Crippen LogP contribution in [0.5, 0.6) is 0 Å². The monoisotopic (exact) mass is 235 g/mol. The van der Waals surface area contributed by atoms with E-state index in [1.807, 2.05) is 30.3 Å². The molecule has 0 aliphatic rings. The minimum Gasteiger partial charge on any atom is -0.394 e. The van der Waals surface area contributed by atoms with Crippen LogP contribution in [0.25, 0.3) is 5.69 Å². The summed E-state index contributed by atoms with van der Waals surface area (Å²) in [6.07, 6.45) is -1.13. The number of benzene rings is 1. The predicted molar refractivity (Wildman–Crippen MR) is 59.4 cm³/mol. The van der Waals surface area contributed by atoms with Gasteiger partial charge in [0.2, 0.25) is 0 Å². The van der Waals surface area contributed by atoms with Crippen molar-refractivity contribution in [1.29, 1.82) is 0 Å². The van der Waals surface area contributed by atoms with E-state index in [4.69, 9.17) is 5.11 Å². The molecule has 0 spiro atoms. The molecule has 3 N–H and O–H groups in total. The molecule has 90 valence electrons. The number of hydrogen-bond donors (Lipinski definition) is 3. The maximum Gasteiger partial charge on any atom is 0.127 e. The normalized spacial score (nSPS) is 14.5. The molecule has 0 aliphatic heterocycles. The smallest absolute Gasteiger partial charge is 0.127 e. The van der Waals surface area contributed by atoms with Crippen molar-refractivity contribution < 1.29 is 15.3 Å². The highest BCUT2D eigenvalue weighted by Gasteiger charge is 2.20. The largest absolute Gasteiger partial charge is 0.394 e. The number of aromatic nitrogens is 3. The van der Waals surface area contributed by atoms with Gasteiger partial charge in [-0.2, -0.15) is 15.0 Å². The molecule has 0 saturated heterocycles. The van der Waals surface area contributed by atoms with Gasteiger partial charge in [-0.05, 0) is 12.1 Å². The van der Waals surface area contributed by atoms with Crippen LogP contribution in [0.3, 0.4) is 0 Å². The molecule has 6 nitrogen and oxygen atoms in total. The Morgan fingerprint density at radius 2 is 1.88 bits per heavy atom. The summed E-state index contributed by atoms with van der Waals surface area (Å²) in [5.74, 6) is 0. The third kappa shape index (κ3) is 2.50. The van der Waals surface area contributed by atoms with E-state index in [9.17, 15) is 10.2 Å². The number of hydrogen-bond acceptors (Lipinski definition) is 5. The van der Waals surface area contributed by atoms with Gasteiger partial charge < -0.3 is 15.3 Å². The van der Waals surface area contributed by atoms with E-state index in [2.05, 4.69) is 10.2 Å². The molecule has 1 aromatic carbocycles. The van der Waals surface area contributed by atoms with E-state index in [1.165, 1.54) is 11.0 Å². The summed E-state index contributed by atoms with van der Waals surface area (Å²) in [5, 5.41) is 35.6. The lowest BCUT2D eigenvalue weighted by Gasteiger charge is -2.11. The maximum absolute atomic E-state index is 9.62. The van der Waals surface area contributed by atoms with Gasteiger partial charge in [0.05, 0.1) is 18.5 Å². The van der Waals surface area contributed by atoms with Crippen LogP contribution in [-0.2, 0) is 0 Å². The van der Waals surface area contributed by atoms with Crippen molar-refractivity contribution in [3.8, 4) is 5.69 Å². The molecule has 0 unspecified atom stereocenters. The van der Waals surface area contributed by atoms with Crippen LogP contribution >= 0.6 is 0 Å². The first-order valence-electron chi connectivity index (χ1n) is 5.17. The number of aliphatic hydroxyl groups is 3. The number of aliphatic hydroxyl groups excluding tert-OH is 3. The Kier molecular flexibility index (Phi) is 3.48. The van der Waals surface area contributed by atoms with Gasteiger partial charge in [-0.3, -0.25) is 0 Å². The zero-order valence-electron chi connectivity index (χ0n) is 9.01.